The molecule has 0 aliphatic rings. The molecule has 0 amide bonds. The lowest BCUT2D eigenvalue weighted by atomic mass is 10.3. The highest BCUT2D eigenvalue weighted by molar-refractivity contribution is 7.80. The molecular formula is C12H9ClFN3OS. The Hall–Kier alpha value is -1.79. The standard InChI is InChI=1S/C12H9ClFN3OS/c1-6-4-9(11(15)19)17-12(16-6)18-10-3-2-7(14)5-8(10)13/h2-5H,1H3,(H2,15,19). The molecule has 1 aromatic heterocycles. The van der Waals surface area contributed by atoms with Gasteiger partial charge in [-0.1, -0.05) is 23.8 Å². The summed E-state index contributed by atoms with van der Waals surface area (Å²) in [6.07, 6.45) is 0. The molecule has 0 radical (unpaired) electrons. The number of hydrogen-bond acceptors (Lipinski definition) is 4. The third-order valence-corrected chi connectivity index (χ3v) is 2.69. The SMILES string of the molecule is Cc1cc(C(N)=S)nc(Oc2ccc(F)cc2Cl)n1. The van der Waals surface area contributed by atoms with Crippen molar-refractivity contribution < 1.29 is 9.13 Å². The molecule has 4 nitrogen and oxygen atoms in total. The summed E-state index contributed by atoms with van der Waals surface area (Å²) in [4.78, 5) is 8.25. The first-order chi connectivity index (χ1) is 8.95. The Kier molecular flexibility index (Phi) is 3.92. The lowest BCUT2D eigenvalue weighted by Crippen LogP contribution is -2.13. The van der Waals surface area contributed by atoms with E-state index in [9.17, 15) is 4.39 Å². The number of nitrogens with two attached hydrogens (primary N) is 1. The first kappa shape index (κ1) is 13.6. The van der Waals surface area contributed by atoms with Crippen molar-refractivity contribution in [3.63, 3.8) is 0 Å². The predicted octanol–water partition coefficient (Wildman–Crippen LogP) is 3.00. The van der Waals surface area contributed by atoms with Gasteiger partial charge in [0.05, 0.1) is 5.02 Å². The first-order valence-corrected chi connectivity index (χ1v) is 6.03. The highest BCUT2D eigenvalue weighted by atomic mass is 35.5. The fraction of sp³-hybridized carbons (Fsp3) is 0.0833. The molecule has 1 aromatic carbocycles. The zero-order valence-electron chi connectivity index (χ0n) is 9.85. The molecule has 0 spiro atoms. The molecule has 0 bridgehead atoms. The summed E-state index contributed by atoms with van der Waals surface area (Å²) in [5.74, 6) is -0.200. The molecule has 0 unspecified atom stereocenters. The third-order valence-electron chi connectivity index (χ3n) is 2.18. The van der Waals surface area contributed by atoms with E-state index in [1.165, 1.54) is 12.1 Å². The fourth-order valence-corrected chi connectivity index (χ4v) is 1.68. The van der Waals surface area contributed by atoms with Gasteiger partial charge in [-0.15, -0.1) is 0 Å². The third kappa shape index (κ3) is 3.36. The molecule has 0 saturated carbocycles. The molecule has 0 aliphatic carbocycles. The number of aromatic nitrogens is 2. The van der Waals surface area contributed by atoms with E-state index in [-0.39, 0.29) is 21.8 Å². The van der Waals surface area contributed by atoms with Crippen molar-refractivity contribution >= 4 is 28.8 Å². The van der Waals surface area contributed by atoms with E-state index in [2.05, 4.69) is 9.97 Å². The number of halogens is 2. The summed E-state index contributed by atoms with van der Waals surface area (Å²) in [5.41, 5.74) is 6.55. The zero-order valence-corrected chi connectivity index (χ0v) is 11.4. The average molecular weight is 298 g/mol. The minimum atomic E-state index is -0.452. The van der Waals surface area contributed by atoms with Gasteiger partial charge < -0.3 is 10.5 Å². The quantitative estimate of drug-likeness (QED) is 0.883. The second-order valence-electron chi connectivity index (χ2n) is 3.72. The monoisotopic (exact) mass is 297 g/mol. The predicted molar refractivity (Wildman–Crippen MR) is 74.1 cm³/mol. The Bertz CT molecular complexity index is 651. The maximum absolute atomic E-state index is 12.9. The van der Waals surface area contributed by atoms with Gasteiger partial charge >= 0.3 is 6.01 Å². The number of hydrogen-bond donors (Lipinski definition) is 1. The maximum Gasteiger partial charge on any atom is 0.322 e. The second-order valence-corrected chi connectivity index (χ2v) is 4.57. The van der Waals surface area contributed by atoms with Gasteiger partial charge in [-0.3, -0.25) is 0 Å². The highest BCUT2D eigenvalue weighted by Crippen LogP contribution is 2.28. The van der Waals surface area contributed by atoms with Gasteiger partial charge in [0.25, 0.3) is 0 Å². The van der Waals surface area contributed by atoms with E-state index in [0.717, 1.165) is 6.07 Å². The van der Waals surface area contributed by atoms with Crippen molar-refractivity contribution in [1.29, 1.82) is 0 Å². The molecule has 2 aromatic rings. The Balaban J connectivity index is 2.35. The number of nitrogens with zero attached hydrogens (tertiary/aromatic N) is 2. The van der Waals surface area contributed by atoms with Crippen LogP contribution in [0.15, 0.2) is 24.3 Å². The summed E-state index contributed by atoms with van der Waals surface area (Å²) in [6, 6.07) is 5.45. The van der Waals surface area contributed by atoms with Crippen LogP contribution in [-0.4, -0.2) is 15.0 Å². The summed E-state index contributed by atoms with van der Waals surface area (Å²) in [7, 11) is 0. The summed E-state index contributed by atoms with van der Waals surface area (Å²) < 4.78 is 18.3. The summed E-state index contributed by atoms with van der Waals surface area (Å²) >= 11 is 10.7. The number of thiocarbonyl (C=S) groups is 1. The molecule has 0 fully saturated rings. The van der Waals surface area contributed by atoms with Crippen LogP contribution in [0.4, 0.5) is 4.39 Å². The van der Waals surface area contributed by atoms with Crippen LogP contribution in [0.3, 0.4) is 0 Å². The van der Waals surface area contributed by atoms with Crippen molar-refractivity contribution in [2.24, 2.45) is 5.73 Å². The van der Waals surface area contributed by atoms with Gasteiger partial charge in [-0.05, 0) is 31.2 Å². The molecule has 2 rings (SSSR count). The Morgan fingerprint density at radius 2 is 2.11 bits per heavy atom. The van der Waals surface area contributed by atoms with Crippen molar-refractivity contribution in [3.8, 4) is 11.8 Å². The molecule has 0 saturated heterocycles. The van der Waals surface area contributed by atoms with E-state index >= 15 is 0 Å². The summed E-state index contributed by atoms with van der Waals surface area (Å²) in [6.45, 7) is 1.75. The maximum atomic E-state index is 12.9. The van der Waals surface area contributed by atoms with E-state index < -0.39 is 5.82 Å². The summed E-state index contributed by atoms with van der Waals surface area (Å²) in [5, 5.41) is 0.127. The molecule has 98 valence electrons. The fourth-order valence-electron chi connectivity index (χ4n) is 1.37. The molecule has 19 heavy (non-hydrogen) atoms. The average Bonchev–Trinajstić information content (AvgIpc) is 2.32. The zero-order chi connectivity index (χ0) is 14.0. The molecular weight excluding hydrogens is 289 g/mol. The van der Waals surface area contributed by atoms with Crippen LogP contribution in [0.25, 0.3) is 0 Å². The number of benzene rings is 1. The lowest BCUT2D eigenvalue weighted by Gasteiger charge is -2.07. The molecule has 0 aliphatic heterocycles. The van der Waals surface area contributed by atoms with Crippen LogP contribution in [0.5, 0.6) is 11.8 Å². The Morgan fingerprint density at radius 3 is 2.74 bits per heavy atom. The van der Waals surface area contributed by atoms with Crippen molar-refractivity contribution in [3.05, 3.63) is 46.5 Å². The van der Waals surface area contributed by atoms with Gasteiger partial charge in [0.2, 0.25) is 0 Å². The van der Waals surface area contributed by atoms with Crippen LogP contribution < -0.4 is 10.5 Å². The van der Waals surface area contributed by atoms with Crippen LogP contribution in [0, 0.1) is 12.7 Å². The number of rotatable bonds is 3. The number of ether oxygens (including phenoxy) is 1. The van der Waals surface area contributed by atoms with E-state index in [0.29, 0.717) is 11.4 Å². The molecule has 2 N–H and O–H groups in total. The second kappa shape index (κ2) is 5.46. The van der Waals surface area contributed by atoms with Gasteiger partial charge in [0.15, 0.2) is 0 Å². The number of aryl methyl sites for hydroxylation is 1. The topological polar surface area (TPSA) is 61.0 Å². The van der Waals surface area contributed by atoms with Crippen LogP contribution in [0.1, 0.15) is 11.4 Å². The van der Waals surface area contributed by atoms with Crippen molar-refractivity contribution in [1.82, 2.24) is 9.97 Å². The highest BCUT2D eigenvalue weighted by Gasteiger charge is 2.09. The van der Waals surface area contributed by atoms with Gasteiger partial charge in [-0.2, -0.15) is 4.98 Å². The smallest absolute Gasteiger partial charge is 0.322 e. The lowest BCUT2D eigenvalue weighted by molar-refractivity contribution is 0.439. The van der Waals surface area contributed by atoms with Crippen LogP contribution >= 0.6 is 23.8 Å². The normalized spacial score (nSPS) is 10.3. The largest absolute Gasteiger partial charge is 0.423 e. The van der Waals surface area contributed by atoms with E-state index in [1.807, 2.05) is 0 Å². The van der Waals surface area contributed by atoms with Crippen LogP contribution in [0.2, 0.25) is 5.02 Å². The van der Waals surface area contributed by atoms with E-state index in [1.54, 1.807) is 13.0 Å². The van der Waals surface area contributed by atoms with Gasteiger partial charge in [-0.25, -0.2) is 9.37 Å². The van der Waals surface area contributed by atoms with Gasteiger partial charge in [0.1, 0.15) is 22.2 Å². The van der Waals surface area contributed by atoms with Crippen molar-refractivity contribution in [2.45, 2.75) is 6.92 Å². The molecule has 7 heteroatoms. The minimum absolute atomic E-state index is 0.0521. The molecule has 1 heterocycles. The van der Waals surface area contributed by atoms with E-state index in [4.69, 9.17) is 34.3 Å². The van der Waals surface area contributed by atoms with Crippen molar-refractivity contribution in [2.75, 3.05) is 0 Å². The molecule has 0 atom stereocenters. The minimum Gasteiger partial charge on any atom is -0.423 e. The first-order valence-electron chi connectivity index (χ1n) is 5.24. The Morgan fingerprint density at radius 1 is 1.37 bits per heavy atom. The van der Waals surface area contributed by atoms with Crippen LogP contribution in [-0.2, 0) is 0 Å². The van der Waals surface area contributed by atoms with Gasteiger partial charge in [0, 0.05) is 5.69 Å². The Labute approximate surface area is 119 Å².